The van der Waals surface area contributed by atoms with E-state index in [9.17, 15) is 0 Å². The highest BCUT2D eigenvalue weighted by Crippen LogP contribution is 2.19. The second-order valence-corrected chi connectivity index (χ2v) is 7.52. The van der Waals surface area contributed by atoms with Crippen LogP contribution in [-0.2, 0) is 6.54 Å². The molecule has 25 heavy (non-hydrogen) atoms. The average Bonchev–Trinajstić information content (AvgIpc) is 2.99. The van der Waals surface area contributed by atoms with Gasteiger partial charge in [-0.15, -0.1) is 11.3 Å². The van der Waals surface area contributed by atoms with Crippen molar-refractivity contribution in [3.63, 3.8) is 0 Å². The summed E-state index contributed by atoms with van der Waals surface area (Å²) in [6.45, 7) is 9.84. The standard InChI is InChI=1S/C18H26N6S/c1-13-8-14(2)16(11-24-6-4-23(3)5-7-24)9-15(13)10-20-22-18-21-17(19)12-25-18/h8-10,12H,4-7,11,19H2,1-3H3,(H,21,22). The Bertz CT molecular complexity index is 746. The minimum Gasteiger partial charge on any atom is -0.383 e. The number of likely N-dealkylation sites (N-methyl/N-ethyl adjacent to an activating group) is 1. The Morgan fingerprint density at radius 1 is 1.24 bits per heavy atom. The smallest absolute Gasteiger partial charge is 0.205 e. The summed E-state index contributed by atoms with van der Waals surface area (Å²) in [4.78, 5) is 9.05. The highest BCUT2D eigenvalue weighted by Gasteiger charge is 2.15. The number of anilines is 2. The van der Waals surface area contributed by atoms with Crippen LogP contribution in [0.4, 0.5) is 10.9 Å². The number of hydrogen-bond donors (Lipinski definition) is 2. The predicted octanol–water partition coefficient (Wildman–Crippen LogP) is 2.54. The maximum atomic E-state index is 5.62. The molecule has 2 heterocycles. The second-order valence-electron chi connectivity index (χ2n) is 6.66. The number of hydrazone groups is 1. The van der Waals surface area contributed by atoms with Gasteiger partial charge in [0.15, 0.2) is 0 Å². The first-order valence-electron chi connectivity index (χ1n) is 8.52. The monoisotopic (exact) mass is 358 g/mol. The molecule has 1 fully saturated rings. The van der Waals surface area contributed by atoms with E-state index >= 15 is 0 Å². The van der Waals surface area contributed by atoms with Crippen LogP contribution in [0, 0.1) is 13.8 Å². The summed E-state index contributed by atoms with van der Waals surface area (Å²) < 4.78 is 0. The molecule has 7 heteroatoms. The lowest BCUT2D eigenvalue weighted by molar-refractivity contribution is 0.148. The molecular formula is C18H26N6S. The third kappa shape index (κ3) is 4.78. The van der Waals surface area contributed by atoms with Crippen LogP contribution in [0.2, 0.25) is 0 Å². The molecule has 1 aromatic heterocycles. The van der Waals surface area contributed by atoms with Gasteiger partial charge in [0.05, 0.1) is 6.21 Å². The molecule has 3 rings (SSSR count). The van der Waals surface area contributed by atoms with Crippen molar-refractivity contribution in [2.24, 2.45) is 5.10 Å². The van der Waals surface area contributed by atoms with Crippen molar-refractivity contribution in [1.82, 2.24) is 14.8 Å². The van der Waals surface area contributed by atoms with Crippen molar-refractivity contribution in [1.29, 1.82) is 0 Å². The van der Waals surface area contributed by atoms with Crippen molar-refractivity contribution in [3.05, 3.63) is 39.8 Å². The number of nitrogens with two attached hydrogens (primary N) is 1. The molecule has 1 aliphatic rings. The molecule has 0 aliphatic carbocycles. The molecule has 134 valence electrons. The highest BCUT2D eigenvalue weighted by atomic mass is 32.1. The number of benzene rings is 1. The SMILES string of the molecule is Cc1cc(C)c(CN2CCN(C)CC2)cc1C=NNc1nc(N)cs1. The van der Waals surface area contributed by atoms with E-state index in [4.69, 9.17) is 5.73 Å². The van der Waals surface area contributed by atoms with E-state index in [1.807, 2.05) is 6.21 Å². The summed E-state index contributed by atoms with van der Waals surface area (Å²) in [7, 11) is 2.19. The minimum atomic E-state index is 0.517. The molecule has 0 bridgehead atoms. The lowest BCUT2D eigenvalue weighted by atomic mass is 10.00. The minimum absolute atomic E-state index is 0.517. The molecule has 0 saturated carbocycles. The molecule has 1 aliphatic heterocycles. The van der Waals surface area contributed by atoms with Crippen molar-refractivity contribution in [2.45, 2.75) is 20.4 Å². The van der Waals surface area contributed by atoms with Crippen LogP contribution in [-0.4, -0.2) is 54.2 Å². The zero-order valence-corrected chi connectivity index (χ0v) is 15.9. The van der Waals surface area contributed by atoms with Crippen molar-refractivity contribution >= 4 is 28.5 Å². The van der Waals surface area contributed by atoms with E-state index in [0.717, 1.165) is 38.3 Å². The van der Waals surface area contributed by atoms with Gasteiger partial charge in [-0.3, -0.25) is 10.3 Å². The molecule has 0 atom stereocenters. The van der Waals surface area contributed by atoms with E-state index in [2.05, 4.69) is 58.3 Å². The van der Waals surface area contributed by atoms with Gasteiger partial charge in [-0.05, 0) is 49.2 Å². The van der Waals surface area contributed by atoms with Crippen LogP contribution in [0.5, 0.6) is 0 Å². The number of nitrogens with zero attached hydrogens (tertiary/aromatic N) is 4. The Labute approximate surface area is 153 Å². The number of hydrogen-bond acceptors (Lipinski definition) is 7. The summed E-state index contributed by atoms with van der Waals surface area (Å²) >= 11 is 1.45. The van der Waals surface area contributed by atoms with Gasteiger partial charge in [0.2, 0.25) is 5.13 Å². The molecule has 0 spiro atoms. The molecule has 0 amide bonds. The van der Waals surface area contributed by atoms with Gasteiger partial charge in [-0.25, -0.2) is 4.98 Å². The van der Waals surface area contributed by atoms with Crippen molar-refractivity contribution in [2.75, 3.05) is 44.4 Å². The first kappa shape index (κ1) is 17.8. The largest absolute Gasteiger partial charge is 0.383 e. The van der Waals surface area contributed by atoms with Gasteiger partial charge in [-0.1, -0.05) is 6.07 Å². The number of thiazole rings is 1. The van der Waals surface area contributed by atoms with Gasteiger partial charge >= 0.3 is 0 Å². The molecule has 1 saturated heterocycles. The molecule has 0 radical (unpaired) electrons. The lowest BCUT2D eigenvalue weighted by Crippen LogP contribution is -2.44. The zero-order valence-electron chi connectivity index (χ0n) is 15.1. The summed E-state index contributed by atoms with van der Waals surface area (Å²) in [5.41, 5.74) is 13.6. The van der Waals surface area contributed by atoms with Gasteiger partial charge in [0.1, 0.15) is 5.82 Å². The van der Waals surface area contributed by atoms with Crippen LogP contribution in [0.1, 0.15) is 22.3 Å². The quantitative estimate of drug-likeness (QED) is 0.635. The van der Waals surface area contributed by atoms with Gasteiger partial charge in [-0.2, -0.15) is 5.10 Å². The van der Waals surface area contributed by atoms with Crippen LogP contribution in [0.25, 0.3) is 0 Å². The van der Waals surface area contributed by atoms with E-state index in [1.165, 1.54) is 28.0 Å². The number of rotatable bonds is 5. The van der Waals surface area contributed by atoms with Crippen LogP contribution in [0.15, 0.2) is 22.6 Å². The van der Waals surface area contributed by atoms with E-state index in [1.54, 1.807) is 5.38 Å². The van der Waals surface area contributed by atoms with Crippen LogP contribution < -0.4 is 11.2 Å². The van der Waals surface area contributed by atoms with Crippen LogP contribution in [0.3, 0.4) is 0 Å². The first-order chi connectivity index (χ1) is 12.0. The molecule has 2 aromatic rings. The number of nitrogen functional groups attached to an aromatic ring is 1. The Morgan fingerprint density at radius 3 is 2.68 bits per heavy atom. The molecule has 6 nitrogen and oxygen atoms in total. The zero-order chi connectivity index (χ0) is 17.8. The van der Waals surface area contributed by atoms with Crippen LogP contribution >= 0.6 is 11.3 Å². The maximum absolute atomic E-state index is 5.62. The summed E-state index contributed by atoms with van der Waals surface area (Å²) in [6.07, 6.45) is 1.86. The average molecular weight is 359 g/mol. The van der Waals surface area contributed by atoms with Gasteiger partial charge in [0.25, 0.3) is 0 Å². The Kier molecular flexibility index (Phi) is 5.67. The normalized spacial score (nSPS) is 16.6. The Balaban J connectivity index is 1.69. The summed E-state index contributed by atoms with van der Waals surface area (Å²) in [5, 5.41) is 6.81. The Morgan fingerprint density at radius 2 is 2.00 bits per heavy atom. The maximum Gasteiger partial charge on any atom is 0.205 e. The number of aromatic nitrogens is 1. The van der Waals surface area contributed by atoms with Gasteiger partial charge in [0, 0.05) is 38.1 Å². The van der Waals surface area contributed by atoms with E-state index in [0.29, 0.717) is 10.9 Å². The van der Waals surface area contributed by atoms with Crippen molar-refractivity contribution < 1.29 is 0 Å². The number of aryl methyl sites for hydroxylation is 2. The Hall–Kier alpha value is -1.96. The fourth-order valence-corrected chi connectivity index (χ4v) is 3.52. The fraction of sp³-hybridized carbons (Fsp3) is 0.444. The summed E-state index contributed by atoms with van der Waals surface area (Å²) in [5.74, 6) is 0.517. The molecular weight excluding hydrogens is 332 g/mol. The topological polar surface area (TPSA) is 69.8 Å². The third-order valence-electron chi connectivity index (χ3n) is 4.60. The molecule has 0 unspecified atom stereocenters. The second kappa shape index (κ2) is 7.95. The van der Waals surface area contributed by atoms with E-state index < -0.39 is 0 Å². The number of nitrogens with one attached hydrogen (secondary N) is 1. The van der Waals surface area contributed by atoms with Crippen molar-refractivity contribution in [3.8, 4) is 0 Å². The molecule has 3 N–H and O–H groups in total. The molecule has 1 aromatic carbocycles. The predicted molar refractivity (Wildman–Crippen MR) is 106 cm³/mol. The summed E-state index contributed by atoms with van der Waals surface area (Å²) in [6, 6.07) is 4.50. The lowest BCUT2D eigenvalue weighted by Gasteiger charge is -2.32. The first-order valence-corrected chi connectivity index (χ1v) is 9.40. The fourth-order valence-electron chi connectivity index (χ4n) is 2.97. The highest BCUT2D eigenvalue weighted by molar-refractivity contribution is 7.14. The third-order valence-corrected chi connectivity index (χ3v) is 5.37. The van der Waals surface area contributed by atoms with E-state index in [-0.39, 0.29) is 0 Å². The van der Waals surface area contributed by atoms with Gasteiger partial charge < -0.3 is 10.6 Å². The number of piperazine rings is 1.